The van der Waals surface area contributed by atoms with Crippen molar-refractivity contribution in [3.8, 4) is 11.5 Å². The number of benzene rings is 2. The van der Waals surface area contributed by atoms with Crippen molar-refractivity contribution < 1.29 is 28.2 Å². The van der Waals surface area contributed by atoms with Crippen LogP contribution in [0.15, 0.2) is 71.6 Å². The summed E-state index contributed by atoms with van der Waals surface area (Å²) >= 11 is 0. The highest BCUT2D eigenvalue weighted by molar-refractivity contribution is 6.06. The van der Waals surface area contributed by atoms with Crippen LogP contribution in [0.1, 0.15) is 89.3 Å². The summed E-state index contributed by atoms with van der Waals surface area (Å²) in [4.78, 5) is 30.8. The van der Waals surface area contributed by atoms with Crippen molar-refractivity contribution >= 4 is 11.6 Å². The first-order chi connectivity index (χ1) is 21.9. The fraction of sp³-hybridized carbons (Fsp3) is 0.487. The number of carbonyl (C=O) groups is 2. The third-order valence-electron chi connectivity index (χ3n) is 9.20. The molecule has 0 bridgehead atoms. The quantitative estimate of drug-likeness (QED) is 0.174. The molecule has 0 atom stereocenters. The Hall–Kier alpha value is -3.71. The van der Waals surface area contributed by atoms with Crippen LogP contribution in [0.5, 0.6) is 11.5 Å². The lowest BCUT2D eigenvalue weighted by atomic mass is 9.63. The molecule has 46 heavy (non-hydrogen) atoms. The highest BCUT2D eigenvalue weighted by Gasteiger charge is 2.49. The second kappa shape index (κ2) is 13.6. The average Bonchev–Trinajstić information content (AvgIpc) is 2.97. The molecule has 246 valence electrons. The zero-order valence-corrected chi connectivity index (χ0v) is 28.3. The first kappa shape index (κ1) is 33.6. The Morgan fingerprint density at radius 2 is 1.54 bits per heavy atom. The van der Waals surface area contributed by atoms with Gasteiger partial charge in [0.25, 0.3) is 0 Å². The molecule has 0 saturated carbocycles. The van der Waals surface area contributed by atoms with E-state index in [0.717, 1.165) is 58.5 Å². The normalized spacial score (nSPS) is 19.2. The van der Waals surface area contributed by atoms with Crippen LogP contribution in [-0.2, 0) is 27.4 Å². The molecule has 0 N–H and O–H groups in total. The van der Waals surface area contributed by atoms with E-state index in [4.69, 9.17) is 14.2 Å². The predicted octanol–water partition coefficient (Wildman–Crippen LogP) is 8.25. The Kier molecular flexibility index (Phi) is 9.92. The van der Waals surface area contributed by atoms with E-state index in [9.17, 15) is 14.0 Å². The first-order valence-electron chi connectivity index (χ1n) is 16.4. The summed E-state index contributed by atoms with van der Waals surface area (Å²) < 4.78 is 31.5. The molecule has 0 aromatic heterocycles. The summed E-state index contributed by atoms with van der Waals surface area (Å²) in [6.07, 6.45) is 5.45. The Bertz CT molecular complexity index is 1510. The van der Waals surface area contributed by atoms with Crippen LogP contribution >= 0.6 is 0 Å². The maximum atomic E-state index is 14.2. The van der Waals surface area contributed by atoms with Gasteiger partial charge in [-0.3, -0.25) is 9.59 Å². The number of hydrogen-bond donors (Lipinski definition) is 0. The van der Waals surface area contributed by atoms with Gasteiger partial charge in [0.2, 0.25) is 0 Å². The first-order valence-corrected chi connectivity index (χ1v) is 16.4. The van der Waals surface area contributed by atoms with Gasteiger partial charge in [0.15, 0.2) is 23.1 Å². The van der Waals surface area contributed by atoms with Crippen LogP contribution < -0.4 is 9.47 Å². The number of halogens is 1. The predicted molar refractivity (Wildman–Crippen MR) is 178 cm³/mol. The second-order valence-corrected chi connectivity index (χ2v) is 14.4. The zero-order valence-electron chi connectivity index (χ0n) is 28.3. The summed E-state index contributed by atoms with van der Waals surface area (Å²) in [5.74, 6) is 0.531. The van der Waals surface area contributed by atoms with Crippen molar-refractivity contribution in [2.24, 2.45) is 10.8 Å². The molecular weight excluding hydrogens is 581 g/mol. The third kappa shape index (κ3) is 7.00. The van der Waals surface area contributed by atoms with Crippen LogP contribution in [0.4, 0.5) is 4.39 Å². The van der Waals surface area contributed by atoms with E-state index in [1.54, 1.807) is 19.2 Å². The van der Waals surface area contributed by atoms with Crippen LogP contribution in [0.3, 0.4) is 0 Å². The molecule has 1 heterocycles. The average molecular weight is 630 g/mol. The molecule has 7 heteroatoms. The summed E-state index contributed by atoms with van der Waals surface area (Å²) in [6.45, 7) is 16.4. The molecule has 0 saturated heterocycles. The molecular formula is C39H48FNO5. The lowest BCUT2D eigenvalue weighted by molar-refractivity contribution is -0.119. The van der Waals surface area contributed by atoms with E-state index in [2.05, 4.69) is 45.2 Å². The highest BCUT2D eigenvalue weighted by Crippen LogP contribution is 2.55. The molecule has 0 unspecified atom stereocenters. The van der Waals surface area contributed by atoms with Gasteiger partial charge in [-0.05, 0) is 72.8 Å². The van der Waals surface area contributed by atoms with Crippen LogP contribution in [0.2, 0.25) is 0 Å². The molecule has 3 aliphatic rings. The number of methoxy groups -OCH3 is 1. The van der Waals surface area contributed by atoms with E-state index in [-0.39, 0.29) is 34.8 Å². The Labute approximate surface area is 273 Å². The molecule has 2 aliphatic carbocycles. The minimum atomic E-state index is -0.496. The molecule has 0 amide bonds. The second-order valence-electron chi connectivity index (χ2n) is 14.4. The van der Waals surface area contributed by atoms with E-state index in [1.807, 2.05) is 19.1 Å². The fourth-order valence-electron chi connectivity index (χ4n) is 7.34. The van der Waals surface area contributed by atoms with E-state index in [1.165, 1.54) is 12.1 Å². The van der Waals surface area contributed by atoms with Gasteiger partial charge in [0.1, 0.15) is 12.4 Å². The van der Waals surface area contributed by atoms with Crippen LogP contribution in [0.25, 0.3) is 0 Å². The Morgan fingerprint density at radius 1 is 0.935 bits per heavy atom. The molecule has 0 fully saturated rings. The number of carbonyl (C=O) groups excluding carboxylic acids is 2. The lowest BCUT2D eigenvalue weighted by Gasteiger charge is -2.49. The Balaban J connectivity index is 1.70. The SMILES string of the molecule is C=CCc1cc(C2C3=C(CC(C)(C)CC3=O)N(CCCOC)C3=C2C(=O)CC(C)(C)C3)cc(OCC)c1OCc1ccc(F)cc1. The van der Waals surface area contributed by atoms with Crippen molar-refractivity contribution in [2.45, 2.75) is 85.7 Å². The number of rotatable bonds is 12. The van der Waals surface area contributed by atoms with Gasteiger partial charge < -0.3 is 19.1 Å². The van der Waals surface area contributed by atoms with Crippen molar-refractivity contribution in [1.82, 2.24) is 4.90 Å². The van der Waals surface area contributed by atoms with Gasteiger partial charge in [-0.1, -0.05) is 52.0 Å². The van der Waals surface area contributed by atoms with E-state index >= 15 is 0 Å². The largest absolute Gasteiger partial charge is 0.490 e. The maximum absolute atomic E-state index is 14.2. The summed E-state index contributed by atoms with van der Waals surface area (Å²) in [7, 11) is 1.70. The molecule has 2 aromatic rings. The number of nitrogens with zero attached hydrogens (tertiary/aromatic N) is 1. The van der Waals surface area contributed by atoms with E-state index < -0.39 is 5.92 Å². The van der Waals surface area contributed by atoms with Crippen molar-refractivity contribution in [3.63, 3.8) is 0 Å². The van der Waals surface area contributed by atoms with Gasteiger partial charge in [0.05, 0.1) is 6.61 Å². The number of allylic oxidation sites excluding steroid dienone is 5. The smallest absolute Gasteiger partial charge is 0.165 e. The standard InChI is InChI=1S/C39H48FNO5/c1-8-11-26-18-27(19-33(45-9-2)37(26)46-24-25-12-14-28(40)15-13-25)34-35-29(20-38(3,4)22-31(35)42)41(16-10-17-44-7)30-21-39(5,6)23-32(43)36(30)34/h8,12-15,18-19,34H,1,9-11,16-17,20-24H2,2-7H3. The number of ketones is 2. The molecule has 6 nitrogen and oxygen atoms in total. The van der Waals surface area contributed by atoms with Crippen molar-refractivity contribution in [1.29, 1.82) is 0 Å². The zero-order chi connectivity index (χ0) is 33.2. The molecule has 5 rings (SSSR count). The van der Waals surface area contributed by atoms with Gasteiger partial charge in [0, 0.05) is 67.1 Å². The molecule has 0 radical (unpaired) electrons. The van der Waals surface area contributed by atoms with Gasteiger partial charge in [-0.2, -0.15) is 0 Å². The topological polar surface area (TPSA) is 65.1 Å². The van der Waals surface area contributed by atoms with E-state index in [0.29, 0.717) is 50.5 Å². The van der Waals surface area contributed by atoms with Gasteiger partial charge in [-0.15, -0.1) is 6.58 Å². The Morgan fingerprint density at radius 3 is 2.09 bits per heavy atom. The summed E-state index contributed by atoms with van der Waals surface area (Å²) in [6, 6.07) is 10.2. The molecule has 2 aromatic carbocycles. The fourth-order valence-corrected chi connectivity index (χ4v) is 7.34. The number of hydrogen-bond acceptors (Lipinski definition) is 6. The highest BCUT2D eigenvalue weighted by atomic mass is 19.1. The maximum Gasteiger partial charge on any atom is 0.165 e. The van der Waals surface area contributed by atoms with Gasteiger partial charge >= 0.3 is 0 Å². The summed E-state index contributed by atoms with van der Waals surface area (Å²) in [5, 5.41) is 0. The summed E-state index contributed by atoms with van der Waals surface area (Å²) in [5.41, 5.74) is 5.67. The van der Waals surface area contributed by atoms with Crippen LogP contribution in [0, 0.1) is 16.6 Å². The van der Waals surface area contributed by atoms with Crippen molar-refractivity contribution in [3.05, 3.63) is 94.1 Å². The van der Waals surface area contributed by atoms with Crippen molar-refractivity contribution in [2.75, 3.05) is 26.9 Å². The number of ether oxygens (including phenoxy) is 3. The molecule has 1 aliphatic heterocycles. The lowest BCUT2D eigenvalue weighted by Crippen LogP contribution is -2.44. The minimum absolute atomic E-state index is 0.0945. The van der Waals surface area contributed by atoms with Gasteiger partial charge in [-0.25, -0.2) is 4.39 Å². The minimum Gasteiger partial charge on any atom is -0.490 e. The number of Topliss-reactive ketones (excluding diaryl/α,β-unsaturated/α-hetero) is 2. The van der Waals surface area contributed by atoms with Crippen LogP contribution in [-0.4, -0.2) is 43.3 Å². The monoisotopic (exact) mass is 629 g/mol. The molecule has 0 spiro atoms. The third-order valence-corrected chi connectivity index (χ3v) is 9.20.